The molecule has 2 aromatic carbocycles. The Bertz CT molecular complexity index is 977. The Morgan fingerprint density at radius 2 is 1.93 bits per heavy atom. The Balaban J connectivity index is 1.30. The number of ether oxygens (including phenoxy) is 2. The van der Waals surface area contributed by atoms with Crippen LogP contribution >= 0.6 is 0 Å². The summed E-state index contributed by atoms with van der Waals surface area (Å²) in [5.41, 5.74) is 1.77. The van der Waals surface area contributed by atoms with Crippen LogP contribution in [0.4, 0.5) is 4.39 Å². The average molecular weight is 409 g/mol. The van der Waals surface area contributed by atoms with Gasteiger partial charge in [0.05, 0.1) is 18.3 Å². The SMILES string of the molecule is O=C(COc1ccccc1)N1CCC[C@H]1c1cc(CCOc2cccc(F)c2)[nH]n1. The van der Waals surface area contributed by atoms with Gasteiger partial charge in [-0.05, 0) is 43.2 Å². The number of likely N-dealkylation sites (tertiary alicyclic amines) is 1. The molecule has 1 aliphatic heterocycles. The first-order valence-electron chi connectivity index (χ1n) is 10.1. The number of carbonyl (C=O) groups excluding carboxylic acids is 1. The molecule has 3 aromatic rings. The summed E-state index contributed by atoms with van der Waals surface area (Å²) in [6.07, 6.45) is 2.43. The molecule has 7 heteroatoms. The first-order chi connectivity index (χ1) is 14.7. The number of para-hydroxylation sites is 1. The number of rotatable bonds is 8. The van der Waals surface area contributed by atoms with E-state index in [1.54, 1.807) is 12.1 Å². The second-order valence-corrected chi connectivity index (χ2v) is 7.22. The van der Waals surface area contributed by atoms with Gasteiger partial charge in [0.1, 0.15) is 17.3 Å². The highest BCUT2D eigenvalue weighted by atomic mass is 19.1. The molecule has 1 amide bonds. The number of benzene rings is 2. The summed E-state index contributed by atoms with van der Waals surface area (Å²) in [5.74, 6) is 0.821. The van der Waals surface area contributed by atoms with Crippen LogP contribution in [0.15, 0.2) is 60.7 Å². The number of aromatic amines is 1. The van der Waals surface area contributed by atoms with Crippen LogP contribution in [0.5, 0.6) is 11.5 Å². The molecule has 1 atom stereocenters. The van der Waals surface area contributed by atoms with E-state index in [-0.39, 0.29) is 24.4 Å². The topological polar surface area (TPSA) is 67.4 Å². The summed E-state index contributed by atoms with van der Waals surface area (Å²) in [7, 11) is 0. The van der Waals surface area contributed by atoms with E-state index in [0.29, 0.717) is 31.1 Å². The van der Waals surface area contributed by atoms with E-state index in [1.807, 2.05) is 41.3 Å². The van der Waals surface area contributed by atoms with E-state index in [4.69, 9.17) is 9.47 Å². The highest BCUT2D eigenvalue weighted by molar-refractivity contribution is 5.78. The fourth-order valence-corrected chi connectivity index (χ4v) is 3.63. The van der Waals surface area contributed by atoms with Crippen molar-refractivity contribution in [1.82, 2.24) is 15.1 Å². The Hall–Kier alpha value is -3.35. The molecule has 0 aliphatic carbocycles. The minimum atomic E-state index is -0.321. The molecule has 30 heavy (non-hydrogen) atoms. The van der Waals surface area contributed by atoms with Crippen molar-refractivity contribution in [3.63, 3.8) is 0 Å². The Morgan fingerprint density at radius 1 is 1.10 bits per heavy atom. The second kappa shape index (κ2) is 9.43. The highest BCUT2D eigenvalue weighted by Crippen LogP contribution is 2.31. The van der Waals surface area contributed by atoms with E-state index in [2.05, 4.69) is 10.2 Å². The normalized spacial score (nSPS) is 15.9. The van der Waals surface area contributed by atoms with Crippen molar-refractivity contribution in [2.75, 3.05) is 19.8 Å². The number of hydrogen-bond acceptors (Lipinski definition) is 4. The van der Waals surface area contributed by atoms with Crippen LogP contribution in [0.1, 0.15) is 30.3 Å². The minimum Gasteiger partial charge on any atom is -0.493 e. The number of nitrogens with zero attached hydrogens (tertiary/aromatic N) is 2. The van der Waals surface area contributed by atoms with Gasteiger partial charge in [-0.15, -0.1) is 0 Å². The summed E-state index contributed by atoms with van der Waals surface area (Å²) in [4.78, 5) is 14.5. The lowest BCUT2D eigenvalue weighted by molar-refractivity contribution is -0.134. The summed E-state index contributed by atoms with van der Waals surface area (Å²) < 4.78 is 24.4. The molecule has 0 spiro atoms. The lowest BCUT2D eigenvalue weighted by atomic mass is 10.1. The van der Waals surface area contributed by atoms with E-state index in [9.17, 15) is 9.18 Å². The van der Waals surface area contributed by atoms with Gasteiger partial charge in [-0.2, -0.15) is 5.10 Å². The van der Waals surface area contributed by atoms with Gasteiger partial charge in [-0.25, -0.2) is 4.39 Å². The van der Waals surface area contributed by atoms with Crippen LogP contribution in [-0.2, 0) is 11.2 Å². The zero-order valence-corrected chi connectivity index (χ0v) is 16.6. The Kier molecular flexibility index (Phi) is 6.27. The fourth-order valence-electron chi connectivity index (χ4n) is 3.63. The Morgan fingerprint density at radius 3 is 2.77 bits per heavy atom. The largest absolute Gasteiger partial charge is 0.493 e. The van der Waals surface area contributed by atoms with E-state index in [1.165, 1.54) is 12.1 Å². The van der Waals surface area contributed by atoms with Crippen molar-refractivity contribution in [3.05, 3.63) is 77.9 Å². The molecule has 1 N–H and O–H groups in total. The van der Waals surface area contributed by atoms with Gasteiger partial charge in [0, 0.05) is 24.7 Å². The summed E-state index contributed by atoms with van der Waals surface area (Å²) in [6, 6.07) is 17.3. The summed E-state index contributed by atoms with van der Waals surface area (Å²) >= 11 is 0. The second-order valence-electron chi connectivity index (χ2n) is 7.22. The van der Waals surface area contributed by atoms with Gasteiger partial charge in [0.15, 0.2) is 6.61 Å². The monoisotopic (exact) mass is 409 g/mol. The number of amides is 1. The zero-order valence-electron chi connectivity index (χ0n) is 16.6. The maximum absolute atomic E-state index is 13.2. The smallest absolute Gasteiger partial charge is 0.261 e. The van der Waals surface area contributed by atoms with Crippen LogP contribution in [0.3, 0.4) is 0 Å². The number of carbonyl (C=O) groups is 1. The first kappa shape index (κ1) is 19.9. The average Bonchev–Trinajstić information content (AvgIpc) is 3.42. The van der Waals surface area contributed by atoms with Gasteiger partial charge in [-0.3, -0.25) is 9.89 Å². The molecular weight excluding hydrogens is 385 g/mol. The van der Waals surface area contributed by atoms with Crippen molar-refractivity contribution in [3.8, 4) is 11.5 Å². The standard InChI is InChI=1S/C23H24FN3O3/c24-17-6-4-9-20(14-17)29-13-11-18-15-21(26-25-18)22-10-5-12-27(22)23(28)16-30-19-7-2-1-3-8-19/h1-4,6-9,14-15,22H,5,10-13,16H2,(H,25,26)/t22-/m0/s1. The van der Waals surface area contributed by atoms with E-state index < -0.39 is 0 Å². The predicted octanol–water partition coefficient (Wildman–Crippen LogP) is 3.91. The van der Waals surface area contributed by atoms with Gasteiger partial charge >= 0.3 is 0 Å². The molecule has 1 fully saturated rings. The number of hydrogen-bond donors (Lipinski definition) is 1. The van der Waals surface area contributed by atoms with Crippen LogP contribution in [-0.4, -0.2) is 40.8 Å². The van der Waals surface area contributed by atoms with Gasteiger partial charge < -0.3 is 14.4 Å². The molecule has 1 aromatic heterocycles. The predicted molar refractivity (Wildman–Crippen MR) is 110 cm³/mol. The van der Waals surface area contributed by atoms with Crippen LogP contribution in [0, 0.1) is 5.82 Å². The van der Waals surface area contributed by atoms with Crippen molar-refractivity contribution in [2.24, 2.45) is 0 Å². The summed E-state index contributed by atoms with van der Waals surface area (Å²) in [6.45, 7) is 1.12. The molecule has 156 valence electrons. The molecule has 1 aliphatic rings. The molecular formula is C23H24FN3O3. The molecule has 2 heterocycles. The number of aromatic nitrogens is 2. The minimum absolute atomic E-state index is 0.0132. The maximum Gasteiger partial charge on any atom is 0.261 e. The fraction of sp³-hybridized carbons (Fsp3) is 0.304. The van der Waals surface area contributed by atoms with Crippen molar-refractivity contribution < 1.29 is 18.7 Å². The number of halogens is 1. The lowest BCUT2D eigenvalue weighted by Crippen LogP contribution is -2.34. The Labute approximate surface area is 174 Å². The number of H-pyrrole nitrogens is 1. The first-order valence-corrected chi connectivity index (χ1v) is 10.1. The molecule has 1 saturated heterocycles. The molecule has 0 unspecified atom stereocenters. The molecule has 0 radical (unpaired) electrons. The van der Waals surface area contributed by atoms with E-state index >= 15 is 0 Å². The van der Waals surface area contributed by atoms with Crippen molar-refractivity contribution in [2.45, 2.75) is 25.3 Å². The highest BCUT2D eigenvalue weighted by Gasteiger charge is 2.31. The van der Waals surface area contributed by atoms with Gasteiger partial charge in [0.25, 0.3) is 5.91 Å². The summed E-state index contributed by atoms with van der Waals surface area (Å²) in [5, 5.41) is 7.44. The third-order valence-electron chi connectivity index (χ3n) is 5.11. The van der Waals surface area contributed by atoms with Crippen molar-refractivity contribution >= 4 is 5.91 Å². The molecule has 4 rings (SSSR count). The molecule has 6 nitrogen and oxygen atoms in total. The molecule has 0 saturated carbocycles. The third-order valence-corrected chi connectivity index (χ3v) is 5.11. The van der Waals surface area contributed by atoms with Crippen LogP contribution in [0.2, 0.25) is 0 Å². The number of nitrogens with one attached hydrogen (secondary N) is 1. The third kappa shape index (κ3) is 4.97. The molecule has 0 bridgehead atoms. The van der Waals surface area contributed by atoms with Crippen LogP contribution < -0.4 is 9.47 Å². The van der Waals surface area contributed by atoms with E-state index in [0.717, 1.165) is 24.2 Å². The van der Waals surface area contributed by atoms with Crippen molar-refractivity contribution in [1.29, 1.82) is 0 Å². The van der Waals surface area contributed by atoms with Gasteiger partial charge in [0.2, 0.25) is 0 Å². The lowest BCUT2D eigenvalue weighted by Gasteiger charge is -2.23. The van der Waals surface area contributed by atoms with Crippen LogP contribution in [0.25, 0.3) is 0 Å². The quantitative estimate of drug-likeness (QED) is 0.613. The maximum atomic E-state index is 13.2. The zero-order chi connectivity index (χ0) is 20.8. The van der Waals surface area contributed by atoms with Gasteiger partial charge in [-0.1, -0.05) is 24.3 Å².